The Kier molecular flexibility index (Phi) is 9.41. The zero-order valence-corrected chi connectivity index (χ0v) is 33.3. The Bertz CT molecular complexity index is 3040. The van der Waals surface area contributed by atoms with Crippen LogP contribution in [0.2, 0.25) is 0 Å². The number of anilines is 3. The van der Waals surface area contributed by atoms with Gasteiger partial charge in [-0.15, -0.1) is 0 Å². The SMILES string of the molecule is Cc1cccc(N(c2ccc(-c3c4ccccc4c(-c4ccc(C=Cc5ccc(-c6cccc7ccccc67)cc5)cc4)c4ccccc34)cc2)c2cccc(C)c2)c1. The molecular weight excluding hydrogens is 711 g/mol. The molecule has 0 aliphatic carbocycles. The van der Waals surface area contributed by atoms with Crippen molar-refractivity contribution in [2.75, 3.05) is 4.90 Å². The van der Waals surface area contributed by atoms with Crippen molar-refractivity contribution in [3.63, 3.8) is 0 Å². The van der Waals surface area contributed by atoms with Gasteiger partial charge in [0.15, 0.2) is 0 Å². The lowest BCUT2D eigenvalue weighted by Gasteiger charge is -2.26. The first-order chi connectivity index (χ1) is 29.1. The molecule has 0 spiro atoms. The van der Waals surface area contributed by atoms with E-state index >= 15 is 0 Å². The fourth-order valence-corrected chi connectivity index (χ4v) is 8.71. The Labute approximate surface area is 346 Å². The topological polar surface area (TPSA) is 3.24 Å². The summed E-state index contributed by atoms with van der Waals surface area (Å²) in [6, 6.07) is 77.4. The van der Waals surface area contributed by atoms with Crippen molar-refractivity contribution in [2.24, 2.45) is 0 Å². The number of fused-ring (bicyclic) bond motifs is 3. The highest BCUT2D eigenvalue weighted by molar-refractivity contribution is 6.21. The van der Waals surface area contributed by atoms with E-state index in [-0.39, 0.29) is 0 Å². The quantitative estimate of drug-likeness (QED) is 0.110. The molecule has 10 aromatic carbocycles. The summed E-state index contributed by atoms with van der Waals surface area (Å²) in [5, 5.41) is 7.54. The molecule has 10 rings (SSSR count). The van der Waals surface area contributed by atoms with Gasteiger partial charge in [-0.05, 0) is 138 Å². The summed E-state index contributed by atoms with van der Waals surface area (Å²) in [6.07, 6.45) is 4.41. The van der Waals surface area contributed by atoms with Gasteiger partial charge in [-0.25, -0.2) is 0 Å². The molecule has 0 atom stereocenters. The molecule has 0 saturated heterocycles. The number of nitrogens with zero attached hydrogens (tertiary/aromatic N) is 1. The van der Waals surface area contributed by atoms with Gasteiger partial charge in [0, 0.05) is 17.1 Å². The third-order valence-corrected chi connectivity index (χ3v) is 11.5. The van der Waals surface area contributed by atoms with Gasteiger partial charge >= 0.3 is 0 Å². The van der Waals surface area contributed by atoms with Crippen LogP contribution in [-0.2, 0) is 0 Å². The predicted molar refractivity (Wildman–Crippen MR) is 255 cm³/mol. The lowest BCUT2D eigenvalue weighted by Crippen LogP contribution is -2.10. The number of hydrogen-bond donors (Lipinski definition) is 0. The maximum atomic E-state index is 2.35. The lowest BCUT2D eigenvalue weighted by molar-refractivity contribution is 1.26. The zero-order chi connectivity index (χ0) is 39.7. The van der Waals surface area contributed by atoms with Crippen LogP contribution in [0.25, 0.3) is 77.9 Å². The maximum Gasteiger partial charge on any atom is 0.0464 e. The Hall–Kier alpha value is -7.48. The number of benzene rings is 10. The number of hydrogen-bond acceptors (Lipinski definition) is 1. The van der Waals surface area contributed by atoms with E-state index < -0.39 is 0 Å². The average Bonchev–Trinajstić information content (AvgIpc) is 3.28. The fraction of sp³-hybridized carbons (Fsp3) is 0.0345. The highest BCUT2D eigenvalue weighted by Gasteiger charge is 2.18. The summed E-state index contributed by atoms with van der Waals surface area (Å²) in [5.74, 6) is 0. The molecule has 0 saturated carbocycles. The molecule has 59 heavy (non-hydrogen) atoms. The molecule has 280 valence electrons. The lowest BCUT2D eigenvalue weighted by atomic mass is 9.86. The Morgan fingerprint density at radius 1 is 0.322 bits per heavy atom. The van der Waals surface area contributed by atoms with Gasteiger partial charge in [0.2, 0.25) is 0 Å². The second-order valence-electron chi connectivity index (χ2n) is 15.5. The van der Waals surface area contributed by atoms with Crippen LogP contribution >= 0.6 is 0 Å². The molecule has 1 nitrogen and oxygen atoms in total. The monoisotopic (exact) mass is 753 g/mol. The van der Waals surface area contributed by atoms with Crippen LogP contribution in [0, 0.1) is 13.8 Å². The van der Waals surface area contributed by atoms with Gasteiger partial charge in [-0.3, -0.25) is 0 Å². The molecule has 0 N–H and O–H groups in total. The van der Waals surface area contributed by atoms with Gasteiger partial charge in [0.1, 0.15) is 0 Å². The van der Waals surface area contributed by atoms with Crippen LogP contribution in [0.15, 0.2) is 212 Å². The molecule has 0 unspecified atom stereocenters. The zero-order valence-electron chi connectivity index (χ0n) is 33.3. The van der Waals surface area contributed by atoms with Gasteiger partial charge in [-0.2, -0.15) is 0 Å². The van der Waals surface area contributed by atoms with Crippen LogP contribution in [0.3, 0.4) is 0 Å². The minimum Gasteiger partial charge on any atom is -0.310 e. The van der Waals surface area contributed by atoms with Crippen molar-refractivity contribution in [3.8, 4) is 33.4 Å². The van der Waals surface area contributed by atoms with E-state index in [0.29, 0.717) is 0 Å². The maximum absolute atomic E-state index is 2.35. The van der Waals surface area contributed by atoms with Crippen molar-refractivity contribution in [2.45, 2.75) is 13.8 Å². The molecule has 0 amide bonds. The van der Waals surface area contributed by atoms with Crippen LogP contribution in [-0.4, -0.2) is 0 Å². The van der Waals surface area contributed by atoms with E-state index in [1.54, 1.807) is 0 Å². The minimum atomic E-state index is 1.13. The Balaban J connectivity index is 0.982. The highest BCUT2D eigenvalue weighted by Crippen LogP contribution is 2.45. The van der Waals surface area contributed by atoms with Gasteiger partial charge in [0.25, 0.3) is 0 Å². The minimum absolute atomic E-state index is 1.13. The van der Waals surface area contributed by atoms with Gasteiger partial charge < -0.3 is 4.90 Å². The van der Waals surface area contributed by atoms with Crippen molar-refractivity contribution in [3.05, 3.63) is 235 Å². The van der Waals surface area contributed by atoms with E-state index in [9.17, 15) is 0 Å². The summed E-state index contributed by atoms with van der Waals surface area (Å²) in [7, 11) is 0. The van der Waals surface area contributed by atoms with E-state index in [0.717, 1.165) is 17.1 Å². The smallest absolute Gasteiger partial charge is 0.0464 e. The molecular formula is C58H43N. The van der Waals surface area contributed by atoms with E-state index in [2.05, 4.69) is 243 Å². The van der Waals surface area contributed by atoms with E-state index in [4.69, 9.17) is 0 Å². The van der Waals surface area contributed by atoms with Crippen LogP contribution in [0.5, 0.6) is 0 Å². The molecule has 0 aliphatic heterocycles. The molecule has 0 fully saturated rings. The van der Waals surface area contributed by atoms with E-state index in [1.807, 2.05) is 0 Å². The molecule has 0 bridgehead atoms. The fourth-order valence-electron chi connectivity index (χ4n) is 8.71. The van der Waals surface area contributed by atoms with Crippen LogP contribution in [0.1, 0.15) is 22.3 Å². The first-order valence-corrected chi connectivity index (χ1v) is 20.4. The molecule has 10 aromatic rings. The van der Waals surface area contributed by atoms with Crippen molar-refractivity contribution in [1.82, 2.24) is 0 Å². The first-order valence-electron chi connectivity index (χ1n) is 20.4. The van der Waals surface area contributed by atoms with E-state index in [1.165, 1.54) is 88.0 Å². The Morgan fingerprint density at radius 3 is 1.22 bits per heavy atom. The largest absolute Gasteiger partial charge is 0.310 e. The molecule has 1 heteroatoms. The van der Waals surface area contributed by atoms with Crippen molar-refractivity contribution >= 4 is 61.5 Å². The second kappa shape index (κ2) is 15.5. The Morgan fingerprint density at radius 2 is 0.729 bits per heavy atom. The highest BCUT2D eigenvalue weighted by atomic mass is 15.1. The first kappa shape index (κ1) is 35.9. The number of aryl methyl sites for hydroxylation is 2. The van der Waals surface area contributed by atoms with Crippen LogP contribution < -0.4 is 4.90 Å². The molecule has 0 aromatic heterocycles. The summed E-state index contributed by atoms with van der Waals surface area (Å²) >= 11 is 0. The normalized spacial score (nSPS) is 11.5. The van der Waals surface area contributed by atoms with Gasteiger partial charge in [0.05, 0.1) is 0 Å². The summed E-state index contributed by atoms with van der Waals surface area (Å²) in [4.78, 5) is 2.35. The standard InChI is InChI=1S/C58H43N/c1-40-12-9-16-49(38-40)59(50-17-10-13-41(2)39-50)48-36-34-47(35-37-48)58-55-21-7-5-19-53(55)57(54-20-6-8-22-56(54)58)46-32-28-43(29-33-46)25-24-42-26-30-45(31-27-42)52-23-11-15-44-14-3-4-18-51(44)52/h3-39H,1-2H3. The van der Waals surface area contributed by atoms with Gasteiger partial charge in [-0.1, -0.05) is 188 Å². The third-order valence-electron chi connectivity index (χ3n) is 11.5. The second-order valence-corrected chi connectivity index (χ2v) is 15.5. The average molecular weight is 754 g/mol. The predicted octanol–water partition coefficient (Wildman–Crippen LogP) is 16.4. The summed E-state index contributed by atoms with van der Waals surface area (Å²) in [6.45, 7) is 4.31. The van der Waals surface area contributed by atoms with Crippen LogP contribution in [0.4, 0.5) is 17.1 Å². The number of rotatable bonds is 8. The van der Waals surface area contributed by atoms with Crippen molar-refractivity contribution < 1.29 is 0 Å². The molecule has 0 aliphatic rings. The van der Waals surface area contributed by atoms with Crippen molar-refractivity contribution in [1.29, 1.82) is 0 Å². The molecule has 0 radical (unpaired) electrons. The third kappa shape index (κ3) is 6.98. The summed E-state index contributed by atoms with van der Waals surface area (Å²) < 4.78 is 0. The summed E-state index contributed by atoms with van der Waals surface area (Å²) in [5.41, 5.74) is 15.7. The molecule has 0 heterocycles.